The third kappa shape index (κ3) is 3.51. The minimum atomic E-state index is 0.320. The summed E-state index contributed by atoms with van der Waals surface area (Å²) in [6.07, 6.45) is 1.69. The zero-order valence-corrected chi connectivity index (χ0v) is 21.5. The number of furan rings is 1. The smallest absolute Gasteiger partial charge is 0.151 e. The van der Waals surface area contributed by atoms with E-state index in [-0.39, 0.29) is 0 Å². The summed E-state index contributed by atoms with van der Waals surface area (Å²) in [7, 11) is 0. The molecule has 0 saturated heterocycles. The van der Waals surface area contributed by atoms with Crippen molar-refractivity contribution >= 4 is 66.9 Å². The molecule has 0 atom stereocenters. The number of para-hydroxylation sites is 1. The maximum atomic E-state index is 6.28. The van der Waals surface area contributed by atoms with Crippen LogP contribution in [-0.4, -0.2) is 6.26 Å². The number of thiol groups is 1. The van der Waals surface area contributed by atoms with Crippen molar-refractivity contribution in [3.63, 3.8) is 0 Å². The molecule has 1 heterocycles. The van der Waals surface area contributed by atoms with Crippen LogP contribution in [0.25, 0.3) is 65.4 Å². The molecule has 0 unspecified atom stereocenters. The van der Waals surface area contributed by atoms with Crippen molar-refractivity contribution in [2.24, 2.45) is 5.92 Å². The molecule has 1 aromatic heterocycles. The van der Waals surface area contributed by atoms with E-state index < -0.39 is 0 Å². The van der Waals surface area contributed by atoms with Crippen molar-refractivity contribution < 1.29 is 4.42 Å². The molecule has 0 spiro atoms. The predicted molar refractivity (Wildman–Crippen MR) is 159 cm³/mol. The Bertz CT molecular complexity index is 1930. The Morgan fingerprint density at radius 3 is 2.14 bits per heavy atom. The third-order valence-electron chi connectivity index (χ3n) is 6.83. The number of hydrogen-bond donors (Lipinski definition) is 1. The molecule has 0 radical (unpaired) electrons. The Labute approximate surface area is 216 Å². The highest BCUT2D eigenvalue weighted by atomic mass is 32.1. The molecule has 0 bridgehead atoms. The summed E-state index contributed by atoms with van der Waals surface area (Å²) < 4.78 is 6.28. The van der Waals surface area contributed by atoms with Gasteiger partial charge in [-0.3, -0.25) is 0 Å². The van der Waals surface area contributed by atoms with Crippen molar-refractivity contribution in [3.8, 4) is 23.0 Å². The lowest BCUT2D eigenvalue weighted by atomic mass is 9.89. The molecule has 0 aliphatic carbocycles. The maximum absolute atomic E-state index is 6.28. The molecule has 0 aliphatic rings. The van der Waals surface area contributed by atoms with E-state index >= 15 is 0 Å². The van der Waals surface area contributed by atoms with Crippen molar-refractivity contribution in [1.29, 1.82) is 0 Å². The molecule has 0 N–H and O–H groups in total. The summed E-state index contributed by atoms with van der Waals surface area (Å²) >= 11 is 3.53. The molecule has 7 aromatic rings. The van der Waals surface area contributed by atoms with Gasteiger partial charge in [-0.2, -0.15) is 12.6 Å². The molecule has 0 fully saturated rings. The fraction of sp³-hybridized carbons (Fsp3) is 0.118. The fourth-order valence-corrected chi connectivity index (χ4v) is 5.27. The van der Waals surface area contributed by atoms with E-state index in [1.54, 1.807) is 6.26 Å². The Morgan fingerprint density at radius 1 is 0.667 bits per heavy atom. The molecule has 0 amide bonds. The summed E-state index contributed by atoms with van der Waals surface area (Å²) in [5.74, 6) is 6.89. The number of benzene rings is 6. The number of rotatable bonds is 1. The highest BCUT2D eigenvalue weighted by molar-refractivity contribution is 7.79. The minimum absolute atomic E-state index is 0.320. The van der Waals surface area contributed by atoms with Gasteiger partial charge in [0.05, 0.1) is 5.56 Å². The molecule has 2 heteroatoms. The Kier molecular flexibility index (Phi) is 5.59. The molecule has 174 valence electrons. The quantitative estimate of drug-likeness (QED) is 0.140. The summed E-state index contributed by atoms with van der Waals surface area (Å²) in [6, 6.07) is 32.8. The Balaban J connectivity index is 0.00000117. The molecule has 1 nitrogen and oxygen atoms in total. The van der Waals surface area contributed by atoms with Crippen molar-refractivity contribution in [1.82, 2.24) is 0 Å². The summed E-state index contributed by atoms with van der Waals surface area (Å²) in [4.78, 5) is 0. The van der Waals surface area contributed by atoms with Crippen LogP contribution in [0.3, 0.4) is 0 Å². The molecule has 0 saturated carbocycles. The van der Waals surface area contributed by atoms with Gasteiger partial charge in [0.1, 0.15) is 5.58 Å². The van der Waals surface area contributed by atoms with E-state index in [0.717, 1.165) is 27.5 Å². The topological polar surface area (TPSA) is 13.1 Å². The molecule has 7 rings (SSSR count). The second kappa shape index (κ2) is 8.94. The van der Waals surface area contributed by atoms with Crippen LogP contribution < -0.4 is 0 Å². The third-order valence-corrected chi connectivity index (χ3v) is 6.83. The lowest BCUT2D eigenvalue weighted by Gasteiger charge is -2.14. The Hall–Kier alpha value is -3.93. The summed E-state index contributed by atoms with van der Waals surface area (Å²) in [6.45, 7) is 4.21. The van der Waals surface area contributed by atoms with Crippen LogP contribution in [0.4, 0.5) is 0 Å². The lowest BCUT2D eigenvalue weighted by Crippen LogP contribution is -1.87. The van der Waals surface area contributed by atoms with Gasteiger partial charge in [-0.15, -0.1) is 0 Å². The van der Waals surface area contributed by atoms with E-state index in [9.17, 15) is 0 Å². The summed E-state index contributed by atoms with van der Waals surface area (Å²) in [5.41, 5.74) is 5.17. The monoisotopic (exact) mass is 482 g/mol. The molecule has 0 aliphatic heterocycles. The number of hydrogen-bond acceptors (Lipinski definition) is 2. The van der Waals surface area contributed by atoms with Crippen LogP contribution in [-0.2, 0) is 0 Å². The zero-order valence-electron chi connectivity index (χ0n) is 20.6. The van der Waals surface area contributed by atoms with E-state index in [4.69, 9.17) is 4.42 Å². The first-order valence-corrected chi connectivity index (χ1v) is 13.2. The van der Waals surface area contributed by atoms with Gasteiger partial charge in [-0.25, -0.2) is 0 Å². The standard InChI is InChI=1S/C33H22O.CH4S/c1-20(2)9-10-24-7-4-8-28-29-19-25(15-18-30(29)34-33(24)28)26-16-13-23-12-11-21-5-3-6-22-14-17-27(26)32(23)31(21)22;1-2/h3-8,11-20H,1-2H3;2H,1H3. The van der Waals surface area contributed by atoms with E-state index in [1.807, 2.05) is 6.07 Å². The SMILES string of the molecule is CC(C)C#Cc1cccc2c1oc1ccc(-c3ccc4ccc5cccc6ccc3c4c56)cc12.CS. The molecule has 6 aromatic carbocycles. The summed E-state index contributed by atoms with van der Waals surface area (Å²) in [5, 5.41) is 10.1. The maximum Gasteiger partial charge on any atom is 0.151 e. The van der Waals surface area contributed by atoms with Crippen molar-refractivity contribution in [2.45, 2.75) is 13.8 Å². The number of fused-ring (bicyclic) bond motifs is 3. The first-order chi connectivity index (χ1) is 17.7. The predicted octanol–water partition coefficient (Wildman–Crippen LogP) is 9.70. The van der Waals surface area contributed by atoms with E-state index in [2.05, 4.69) is 123 Å². The molecular weight excluding hydrogens is 456 g/mol. The van der Waals surface area contributed by atoms with Gasteiger partial charge in [0.25, 0.3) is 0 Å². The van der Waals surface area contributed by atoms with Crippen LogP contribution in [0.2, 0.25) is 0 Å². The fourth-order valence-electron chi connectivity index (χ4n) is 5.27. The van der Waals surface area contributed by atoms with Crippen LogP contribution in [0.15, 0.2) is 95.4 Å². The minimum Gasteiger partial charge on any atom is -0.455 e. The average Bonchev–Trinajstić information content (AvgIpc) is 3.30. The lowest BCUT2D eigenvalue weighted by molar-refractivity contribution is 0.668. The van der Waals surface area contributed by atoms with Crippen molar-refractivity contribution in [2.75, 3.05) is 6.26 Å². The van der Waals surface area contributed by atoms with Crippen molar-refractivity contribution in [3.05, 3.63) is 96.6 Å². The molecular formula is C34H26OS. The first-order valence-electron chi connectivity index (χ1n) is 12.3. The van der Waals surface area contributed by atoms with Gasteiger partial charge in [-0.05, 0) is 67.9 Å². The zero-order chi connectivity index (χ0) is 24.8. The van der Waals surface area contributed by atoms with Crippen LogP contribution >= 0.6 is 12.6 Å². The van der Waals surface area contributed by atoms with E-state index in [0.29, 0.717) is 5.92 Å². The van der Waals surface area contributed by atoms with Gasteiger partial charge in [0, 0.05) is 16.7 Å². The normalized spacial score (nSPS) is 11.4. The van der Waals surface area contributed by atoms with Gasteiger partial charge < -0.3 is 4.42 Å². The van der Waals surface area contributed by atoms with Crippen LogP contribution in [0, 0.1) is 17.8 Å². The average molecular weight is 483 g/mol. The van der Waals surface area contributed by atoms with Crippen LogP contribution in [0.5, 0.6) is 0 Å². The molecule has 36 heavy (non-hydrogen) atoms. The van der Waals surface area contributed by atoms with Gasteiger partial charge in [0.2, 0.25) is 0 Å². The van der Waals surface area contributed by atoms with Crippen LogP contribution in [0.1, 0.15) is 19.4 Å². The Morgan fingerprint density at radius 2 is 1.36 bits per heavy atom. The first kappa shape index (κ1) is 22.5. The van der Waals surface area contributed by atoms with Gasteiger partial charge in [0.15, 0.2) is 5.58 Å². The van der Waals surface area contributed by atoms with Gasteiger partial charge >= 0.3 is 0 Å². The highest BCUT2D eigenvalue weighted by Crippen LogP contribution is 2.40. The largest absolute Gasteiger partial charge is 0.455 e. The van der Waals surface area contributed by atoms with Gasteiger partial charge in [-0.1, -0.05) is 98.5 Å². The van der Waals surface area contributed by atoms with E-state index in [1.165, 1.54) is 43.4 Å². The second-order valence-corrected chi connectivity index (χ2v) is 9.39. The second-order valence-electron chi connectivity index (χ2n) is 9.39. The highest BCUT2D eigenvalue weighted by Gasteiger charge is 2.14.